The SMILES string of the molecule is C1=Cc2ccccc2C(c2cccc(-c3ccc4cc5cc(-c6ccc(-c7ccc8ccccc8c7)cc6)ccc5cc4c3)c2)C1. The van der Waals surface area contributed by atoms with Crippen LogP contribution in [0.15, 0.2) is 170 Å². The van der Waals surface area contributed by atoms with Crippen molar-refractivity contribution in [2.75, 3.05) is 0 Å². The van der Waals surface area contributed by atoms with E-state index in [9.17, 15) is 0 Å². The van der Waals surface area contributed by atoms with Crippen molar-refractivity contribution in [3.8, 4) is 33.4 Å². The smallest absolute Gasteiger partial charge is 0.0130 e. The minimum atomic E-state index is 0.398. The van der Waals surface area contributed by atoms with Crippen LogP contribution in [0.25, 0.3) is 71.8 Å². The highest BCUT2D eigenvalue weighted by Gasteiger charge is 2.19. The van der Waals surface area contributed by atoms with Crippen LogP contribution in [-0.2, 0) is 0 Å². The fourth-order valence-electron chi connectivity index (χ4n) is 7.27. The van der Waals surface area contributed by atoms with Crippen LogP contribution in [0.5, 0.6) is 0 Å². The summed E-state index contributed by atoms with van der Waals surface area (Å²) in [5.41, 5.74) is 11.6. The van der Waals surface area contributed by atoms with Gasteiger partial charge in [0.15, 0.2) is 0 Å². The Bertz CT molecular complexity index is 2440. The summed E-state index contributed by atoms with van der Waals surface area (Å²) in [7, 11) is 0. The zero-order valence-corrected chi connectivity index (χ0v) is 25.5. The highest BCUT2D eigenvalue weighted by Crippen LogP contribution is 2.37. The summed E-state index contributed by atoms with van der Waals surface area (Å²) < 4.78 is 0. The van der Waals surface area contributed by atoms with Crippen LogP contribution < -0.4 is 0 Å². The zero-order chi connectivity index (χ0) is 30.5. The maximum Gasteiger partial charge on any atom is 0.0130 e. The maximum absolute atomic E-state index is 2.39. The van der Waals surface area contributed by atoms with Crippen molar-refractivity contribution in [1.29, 1.82) is 0 Å². The molecule has 0 heteroatoms. The topological polar surface area (TPSA) is 0 Å². The molecule has 0 radical (unpaired) electrons. The summed E-state index contributed by atoms with van der Waals surface area (Å²) in [6.07, 6.45) is 5.61. The molecule has 1 aliphatic rings. The van der Waals surface area contributed by atoms with Crippen molar-refractivity contribution in [2.45, 2.75) is 12.3 Å². The fraction of sp³-hybridized carbons (Fsp3) is 0.0435. The molecule has 46 heavy (non-hydrogen) atoms. The van der Waals surface area contributed by atoms with Gasteiger partial charge in [-0.1, -0.05) is 146 Å². The van der Waals surface area contributed by atoms with Crippen LogP contribution in [0.2, 0.25) is 0 Å². The molecule has 0 aromatic heterocycles. The Balaban J connectivity index is 1.01. The third-order valence-electron chi connectivity index (χ3n) is 9.76. The number of hydrogen-bond donors (Lipinski definition) is 0. The van der Waals surface area contributed by atoms with E-state index in [0.29, 0.717) is 5.92 Å². The molecule has 9 rings (SSSR count). The van der Waals surface area contributed by atoms with Gasteiger partial charge in [-0.05, 0) is 119 Å². The summed E-state index contributed by atoms with van der Waals surface area (Å²) in [6.45, 7) is 0. The number of allylic oxidation sites excluding steroid dienone is 1. The molecule has 1 aliphatic carbocycles. The van der Waals surface area contributed by atoms with E-state index < -0.39 is 0 Å². The minimum Gasteiger partial charge on any atom is -0.0830 e. The molecule has 1 atom stereocenters. The van der Waals surface area contributed by atoms with Crippen molar-refractivity contribution < 1.29 is 0 Å². The Hall–Kier alpha value is -5.72. The van der Waals surface area contributed by atoms with Gasteiger partial charge in [0.05, 0.1) is 0 Å². The first kappa shape index (κ1) is 26.7. The quantitative estimate of drug-likeness (QED) is 0.181. The van der Waals surface area contributed by atoms with Crippen molar-refractivity contribution in [2.24, 2.45) is 0 Å². The monoisotopic (exact) mass is 584 g/mol. The Morgan fingerprint density at radius 2 is 0.870 bits per heavy atom. The average molecular weight is 585 g/mol. The third-order valence-corrected chi connectivity index (χ3v) is 9.76. The van der Waals surface area contributed by atoms with Gasteiger partial charge in [0.1, 0.15) is 0 Å². The average Bonchev–Trinajstić information content (AvgIpc) is 3.13. The highest BCUT2D eigenvalue weighted by atomic mass is 14.2. The standard InChI is InChI=1S/C46H32/c1-2-9-35-25-37(20-19-31(35)7-1)32-15-17-33(18-16-32)38-21-23-40-30-44-28-39(22-24-41(44)29-43(40)27-38)36-11-5-12-42(26-36)46-14-6-10-34-8-3-4-13-45(34)46/h1-13,15-30,46H,14H2. The van der Waals surface area contributed by atoms with Crippen molar-refractivity contribution in [1.82, 2.24) is 0 Å². The largest absolute Gasteiger partial charge is 0.0830 e. The predicted molar refractivity (Wildman–Crippen MR) is 197 cm³/mol. The molecule has 216 valence electrons. The summed E-state index contributed by atoms with van der Waals surface area (Å²) in [5, 5.41) is 7.62. The molecule has 8 aromatic carbocycles. The Morgan fingerprint density at radius 1 is 0.348 bits per heavy atom. The molecule has 0 saturated carbocycles. The lowest BCUT2D eigenvalue weighted by molar-refractivity contribution is 0.820. The van der Waals surface area contributed by atoms with Crippen LogP contribution in [0.1, 0.15) is 29.0 Å². The number of hydrogen-bond acceptors (Lipinski definition) is 0. The number of benzene rings is 8. The first-order chi connectivity index (χ1) is 22.7. The first-order valence-electron chi connectivity index (χ1n) is 16.2. The van der Waals surface area contributed by atoms with E-state index in [2.05, 4.69) is 176 Å². The molecular formula is C46H32. The zero-order valence-electron chi connectivity index (χ0n) is 25.5. The van der Waals surface area contributed by atoms with Gasteiger partial charge in [-0.2, -0.15) is 0 Å². The van der Waals surface area contributed by atoms with E-state index in [4.69, 9.17) is 0 Å². The van der Waals surface area contributed by atoms with E-state index in [1.807, 2.05) is 0 Å². The first-order valence-corrected chi connectivity index (χ1v) is 16.2. The molecule has 0 saturated heterocycles. The second-order valence-electron chi connectivity index (χ2n) is 12.6. The fourth-order valence-corrected chi connectivity index (χ4v) is 7.27. The second kappa shape index (κ2) is 11.0. The third kappa shape index (κ3) is 4.80. The lowest BCUT2D eigenvalue weighted by Crippen LogP contribution is -2.05. The van der Waals surface area contributed by atoms with Crippen LogP contribution in [0.4, 0.5) is 0 Å². The molecule has 0 N–H and O–H groups in total. The Labute approximate surface area is 269 Å². The van der Waals surface area contributed by atoms with Crippen LogP contribution >= 0.6 is 0 Å². The van der Waals surface area contributed by atoms with E-state index in [1.54, 1.807) is 0 Å². The molecule has 0 fully saturated rings. The van der Waals surface area contributed by atoms with E-state index in [-0.39, 0.29) is 0 Å². The number of rotatable bonds is 4. The summed E-state index contributed by atoms with van der Waals surface area (Å²) in [5.74, 6) is 0.398. The van der Waals surface area contributed by atoms with Gasteiger partial charge in [-0.25, -0.2) is 0 Å². The molecule has 0 aliphatic heterocycles. The van der Waals surface area contributed by atoms with Crippen LogP contribution in [0.3, 0.4) is 0 Å². The molecule has 8 aromatic rings. The molecule has 1 unspecified atom stereocenters. The molecule has 0 spiro atoms. The van der Waals surface area contributed by atoms with E-state index in [0.717, 1.165) is 6.42 Å². The molecule has 0 nitrogen and oxygen atoms in total. The lowest BCUT2D eigenvalue weighted by Gasteiger charge is -2.22. The summed E-state index contributed by atoms with van der Waals surface area (Å²) in [4.78, 5) is 0. The van der Waals surface area contributed by atoms with Gasteiger partial charge in [-0.3, -0.25) is 0 Å². The second-order valence-corrected chi connectivity index (χ2v) is 12.6. The highest BCUT2D eigenvalue weighted by molar-refractivity contribution is 6.01. The van der Waals surface area contributed by atoms with Gasteiger partial charge in [-0.15, -0.1) is 0 Å². The van der Waals surface area contributed by atoms with Crippen molar-refractivity contribution >= 4 is 38.4 Å². The molecule has 0 amide bonds. The van der Waals surface area contributed by atoms with Crippen LogP contribution in [0, 0.1) is 0 Å². The van der Waals surface area contributed by atoms with Gasteiger partial charge in [0.25, 0.3) is 0 Å². The normalized spacial score (nSPS) is 14.1. The lowest BCUT2D eigenvalue weighted by atomic mass is 9.81. The summed E-state index contributed by atoms with van der Waals surface area (Å²) >= 11 is 0. The van der Waals surface area contributed by atoms with Crippen LogP contribution in [-0.4, -0.2) is 0 Å². The van der Waals surface area contributed by atoms with Gasteiger partial charge in [0, 0.05) is 5.92 Å². The Kier molecular flexibility index (Phi) is 6.39. The van der Waals surface area contributed by atoms with Gasteiger partial charge < -0.3 is 0 Å². The van der Waals surface area contributed by atoms with Gasteiger partial charge in [0.2, 0.25) is 0 Å². The minimum absolute atomic E-state index is 0.398. The Morgan fingerprint density at radius 3 is 1.59 bits per heavy atom. The van der Waals surface area contributed by atoms with Crippen molar-refractivity contribution in [3.05, 3.63) is 187 Å². The van der Waals surface area contributed by atoms with E-state index >= 15 is 0 Å². The van der Waals surface area contributed by atoms with Crippen molar-refractivity contribution in [3.63, 3.8) is 0 Å². The maximum atomic E-state index is 2.39. The van der Waals surface area contributed by atoms with Gasteiger partial charge >= 0.3 is 0 Å². The predicted octanol–water partition coefficient (Wildman–Crippen LogP) is 12.7. The van der Waals surface area contributed by atoms with E-state index in [1.165, 1.54) is 82.4 Å². The molecular weight excluding hydrogens is 553 g/mol. The molecule has 0 bridgehead atoms. The summed E-state index contributed by atoms with van der Waals surface area (Å²) in [6, 6.07) is 60.6. The molecule has 0 heterocycles. The number of fused-ring (bicyclic) bond motifs is 4.